The standard InChI is InChI=1S/C14H7BrN2O/c15-10-1-2-11-9(7-16)5-8-3-4-17-14(18)13(8)12(11)6-10/h1-6H,(H,17,18). The molecule has 86 valence electrons. The third-order valence-corrected chi connectivity index (χ3v) is 3.45. The van der Waals surface area contributed by atoms with Gasteiger partial charge in [-0.3, -0.25) is 4.79 Å². The second-order valence-electron chi connectivity index (χ2n) is 4.00. The number of nitriles is 1. The molecule has 18 heavy (non-hydrogen) atoms. The Hall–Kier alpha value is -2.12. The fraction of sp³-hybridized carbons (Fsp3) is 0. The minimum atomic E-state index is -0.139. The maximum Gasteiger partial charge on any atom is 0.256 e. The van der Waals surface area contributed by atoms with Crippen LogP contribution in [0.25, 0.3) is 21.5 Å². The van der Waals surface area contributed by atoms with Crippen molar-refractivity contribution in [1.29, 1.82) is 5.26 Å². The SMILES string of the molecule is N#Cc1cc2cc[nH]c(=O)c2c2cc(Br)ccc12. The molecule has 0 atom stereocenters. The number of aromatic amines is 1. The second kappa shape index (κ2) is 3.97. The summed E-state index contributed by atoms with van der Waals surface area (Å²) < 4.78 is 0.884. The fourth-order valence-corrected chi connectivity index (χ4v) is 2.54. The van der Waals surface area contributed by atoms with Gasteiger partial charge in [0, 0.05) is 16.1 Å². The van der Waals surface area contributed by atoms with Crippen LogP contribution in [0.3, 0.4) is 0 Å². The van der Waals surface area contributed by atoms with Crippen molar-refractivity contribution in [2.75, 3.05) is 0 Å². The van der Waals surface area contributed by atoms with Crippen molar-refractivity contribution in [3.8, 4) is 6.07 Å². The van der Waals surface area contributed by atoms with Crippen LogP contribution < -0.4 is 5.56 Å². The first-order valence-corrected chi connectivity index (χ1v) is 6.14. The Kier molecular flexibility index (Phi) is 2.42. The summed E-state index contributed by atoms with van der Waals surface area (Å²) in [5.74, 6) is 0. The van der Waals surface area contributed by atoms with Crippen molar-refractivity contribution in [2.24, 2.45) is 0 Å². The van der Waals surface area contributed by atoms with Crippen molar-refractivity contribution in [2.45, 2.75) is 0 Å². The molecule has 0 spiro atoms. The number of nitrogens with one attached hydrogen (secondary N) is 1. The maximum absolute atomic E-state index is 11.9. The molecule has 0 bridgehead atoms. The highest BCUT2D eigenvalue weighted by Gasteiger charge is 2.09. The molecule has 0 aliphatic rings. The molecule has 0 saturated heterocycles. The van der Waals surface area contributed by atoms with Gasteiger partial charge in [0.15, 0.2) is 0 Å². The predicted octanol–water partition coefficient (Wildman–Crippen LogP) is 3.32. The molecule has 3 aromatic rings. The molecule has 3 nitrogen and oxygen atoms in total. The first-order valence-electron chi connectivity index (χ1n) is 5.34. The molecule has 0 aliphatic carbocycles. The lowest BCUT2D eigenvalue weighted by atomic mass is 9.99. The number of hydrogen-bond donors (Lipinski definition) is 1. The van der Waals surface area contributed by atoms with Crippen LogP contribution in [0.5, 0.6) is 0 Å². The maximum atomic E-state index is 11.9. The predicted molar refractivity (Wildman–Crippen MR) is 74.5 cm³/mol. The summed E-state index contributed by atoms with van der Waals surface area (Å²) in [7, 11) is 0. The Bertz CT molecular complexity index is 874. The van der Waals surface area contributed by atoms with E-state index in [9.17, 15) is 10.1 Å². The van der Waals surface area contributed by atoms with Gasteiger partial charge in [0.2, 0.25) is 0 Å². The number of halogens is 1. The summed E-state index contributed by atoms with van der Waals surface area (Å²) >= 11 is 3.39. The van der Waals surface area contributed by atoms with Crippen molar-refractivity contribution in [1.82, 2.24) is 4.98 Å². The Balaban J connectivity index is 2.70. The smallest absolute Gasteiger partial charge is 0.256 e. The van der Waals surface area contributed by atoms with Crippen molar-refractivity contribution < 1.29 is 0 Å². The molecule has 0 amide bonds. The highest BCUT2D eigenvalue weighted by atomic mass is 79.9. The van der Waals surface area contributed by atoms with Crippen LogP contribution in [0.4, 0.5) is 0 Å². The number of rotatable bonds is 0. The van der Waals surface area contributed by atoms with Crippen LogP contribution >= 0.6 is 15.9 Å². The lowest BCUT2D eigenvalue weighted by Crippen LogP contribution is -2.05. The largest absolute Gasteiger partial charge is 0.329 e. The minimum absolute atomic E-state index is 0.139. The summed E-state index contributed by atoms with van der Waals surface area (Å²) in [6.07, 6.45) is 1.59. The van der Waals surface area contributed by atoms with Gasteiger partial charge in [-0.1, -0.05) is 22.0 Å². The number of fused-ring (bicyclic) bond motifs is 3. The zero-order valence-corrected chi connectivity index (χ0v) is 10.8. The molecule has 0 fully saturated rings. The van der Waals surface area contributed by atoms with Gasteiger partial charge in [-0.25, -0.2) is 0 Å². The molecule has 1 aromatic heterocycles. The van der Waals surface area contributed by atoms with Crippen molar-refractivity contribution >= 4 is 37.5 Å². The average molecular weight is 299 g/mol. The summed E-state index contributed by atoms with van der Waals surface area (Å²) in [5, 5.41) is 12.2. The Morgan fingerprint density at radius 3 is 2.78 bits per heavy atom. The third kappa shape index (κ3) is 1.52. The van der Waals surface area contributed by atoms with E-state index in [1.165, 1.54) is 0 Å². The zero-order valence-electron chi connectivity index (χ0n) is 9.20. The Morgan fingerprint density at radius 1 is 1.17 bits per heavy atom. The Labute approximate surface area is 111 Å². The number of benzene rings is 2. The van der Waals surface area contributed by atoms with E-state index < -0.39 is 0 Å². The zero-order chi connectivity index (χ0) is 12.7. The van der Waals surface area contributed by atoms with Gasteiger partial charge in [0.25, 0.3) is 5.56 Å². The van der Waals surface area contributed by atoms with Gasteiger partial charge < -0.3 is 4.98 Å². The summed E-state index contributed by atoms with van der Waals surface area (Å²) in [4.78, 5) is 14.6. The van der Waals surface area contributed by atoms with Gasteiger partial charge in [-0.15, -0.1) is 0 Å². The molecule has 3 rings (SSSR count). The van der Waals surface area contributed by atoms with Gasteiger partial charge in [0.05, 0.1) is 17.0 Å². The normalized spacial score (nSPS) is 10.7. The van der Waals surface area contributed by atoms with E-state index in [-0.39, 0.29) is 5.56 Å². The lowest BCUT2D eigenvalue weighted by Gasteiger charge is -2.05. The lowest BCUT2D eigenvalue weighted by molar-refractivity contribution is 1.28. The van der Waals surface area contributed by atoms with Gasteiger partial charge in [-0.05, 0) is 35.0 Å². The van der Waals surface area contributed by atoms with Gasteiger partial charge >= 0.3 is 0 Å². The molecule has 1 heterocycles. The van der Waals surface area contributed by atoms with Crippen molar-refractivity contribution in [3.63, 3.8) is 0 Å². The number of hydrogen-bond acceptors (Lipinski definition) is 2. The number of aromatic nitrogens is 1. The number of nitrogens with zero attached hydrogens (tertiary/aromatic N) is 1. The van der Waals surface area contributed by atoms with Gasteiger partial charge in [0.1, 0.15) is 0 Å². The number of H-pyrrole nitrogens is 1. The summed E-state index contributed by atoms with van der Waals surface area (Å²) in [5.41, 5.74) is 0.440. The Morgan fingerprint density at radius 2 is 2.00 bits per heavy atom. The minimum Gasteiger partial charge on any atom is -0.329 e. The number of pyridine rings is 1. The molecule has 2 aromatic carbocycles. The first kappa shape index (κ1) is 11.0. The van der Waals surface area contributed by atoms with E-state index in [2.05, 4.69) is 27.0 Å². The summed E-state index contributed by atoms with van der Waals surface area (Å²) in [6, 6.07) is 11.3. The molecule has 4 heteroatoms. The second-order valence-corrected chi connectivity index (χ2v) is 4.91. The van der Waals surface area contributed by atoms with Crippen LogP contribution in [0, 0.1) is 11.3 Å². The van der Waals surface area contributed by atoms with E-state index in [4.69, 9.17) is 0 Å². The van der Waals surface area contributed by atoms with E-state index in [0.29, 0.717) is 10.9 Å². The highest BCUT2D eigenvalue weighted by molar-refractivity contribution is 9.10. The van der Waals surface area contributed by atoms with Crippen molar-refractivity contribution in [3.05, 3.63) is 56.9 Å². The fourth-order valence-electron chi connectivity index (χ4n) is 2.18. The molecular weight excluding hydrogens is 292 g/mol. The molecule has 0 unspecified atom stereocenters. The third-order valence-electron chi connectivity index (χ3n) is 2.95. The van der Waals surface area contributed by atoms with E-state index in [1.54, 1.807) is 18.3 Å². The molecular formula is C14H7BrN2O. The van der Waals surface area contributed by atoms with Gasteiger partial charge in [-0.2, -0.15) is 5.26 Å². The van der Waals surface area contributed by atoms with E-state index in [0.717, 1.165) is 20.6 Å². The summed E-state index contributed by atoms with van der Waals surface area (Å²) in [6.45, 7) is 0. The first-order chi connectivity index (χ1) is 8.70. The molecule has 0 saturated carbocycles. The molecule has 0 radical (unpaired) electrons. The molecule has 0 aliphatic heterocycles. The van der Waals surface area contributed by atoms with E-state index >= 15 is 0 Å². The topological polar surface area (TPSA) is 56.6 Å². The average Bonchev–Trinajstić information content (AvgIpc) is 2.37. The van der Waals surface area contributed by atoms with Crippen LogP contribution in [0.2, 0.25) is 0 Å². The van der Waals surface area contributed by atoms with Crippen LogP contribution in [-0.2, 0) is 0 Å². The van der Waals surface area contributed by atoms with Crippen LogP contribution in [0.1, 0.15) is 5.56 Å². The van der Waals surface area contributed by atoms with Crippen LogP contribution in [0.15, 0.2) is 45.8 Å². The monoisotopic (exact) mass is 298 g/mol. The molecule has 1 N–H and O–H groups in total. The quantitative estimate of drug-likeness (QED) is 0.647. The highest BCUT2D eigenvalue weighted by Crippen LogP contribution is 2.28. The van der Waals surface area contributed by atoms with Crippen LogP contribution in [-0.4, -0.2) is 4.98 Å². The van der Waals surface area contributed by atoms with E-state index in [1.807, 2.05) is 18.2 Å².